The van der Waals surface area contributed by atoms with Crippen LogP contribution in [0.3, 0.4) is 0 Å². The van der Waals surface area contributed by atoms with Gasteiger partial charge in [-0.05, 0) is 31.2 Å². The van der Waals surface area contributed by atoms with E-state index in [9.17, 15) is 9.59 Å². The summed E-state index contributed by atoms with van der Waals surface area (Å²) in [5.74, 6) is 0.380. The molecule has 2 aromatic rings. The largest absolute Gasteiger partial charge is 0.492 e. The quantitative estimate of drug-likeness (QED) is 0.846. The van der Waals surface area contributed by atoms with E-state index in [1.54, 1.807) is 19.2 Å². The number of para-hydroxylation sites is 1. The lowest BCUT2D eigenvalue weighted by molar-refractivity contribution is -0.123. The van der Waals surface area contributed by atoms with Gasteiger partial charge in [0.05, 0.1) is 12.2 Å². The standard InChI is InChI=1S/C20H22N4O3/c1-15-8-10-17(11-9-15)27-13-12-23(2)20(26)19-21-14-18(25)24(22-19)16-6-4-3-5-7-16/h3-11H,12-14H2,1-2H3,(H,21,22). The number of hydrogen-bond acceptors (Lipinski definition) is 5. The average Bonchev–Trinajstić information content (AvgIpc) is 2.70. The molecule has 0 unspecified atom stereocenters. The predicted molar refractivity (Wildman–Crippen MR) is 104 cm³/mol. The van der Waals surface area contributed by atoms with Gasteiger partial charge in [-0.1, -0.05) is 35.9 Å². The first-order valence-corrected chi connectivity index (χ1v) is 8.68. The molecule has 1 aliphatic rings. The summed E-state index contributed by atoms with van der Waals surface area (Å²) < 4.78 is 5.66. The van der Waals surface area contributed by atoms with E-state index in [0.717, 1.165) is 11.3 Å². The smallest absolute Gasteiger partial charge is 0.290 e. The number of carbonyl (C=O) groups is 2. The summed E-state index contributed by atoms with van der Waals surface area (Å²) in [6.45, 7) is 2.70. The van der Waals surface area contributed by atoms with Gasteiger partial charge in [0.1, 0.15) is 18.9 Å². The molecule has 27 heavy (non-hydrogen) atoms. The summed E-state index contributed by atoms with van der Waals surface area (Å²) in [7, 11) is 1.67. The van der Waals surface area contributed by atoms with Gasteiger partial charge in [-0.15, -0.1) is 0 Å². The maximum absolute atomic E-state index is 12.6. The van der Waals surface area contributed by atoms with E-state index < -0.39 is 0 Å². The van der Waals surface area contributed by atoms with E-state index in [4.69, 9.17) is 4.74 Å². The molecule has 0 aliphatic carbocycles. The van der Waals surface area contributed by atoms with Crippen LogP contribution in [-0.2, 0) is 9.59 Å². The number of rotatable bonds is 6. The van der Waals surface area contributed by atoms with Crippen molar-refractivity contribution >= 4 is 23.3 Å². The van der Waals surface area contributed by atoms with Crippen molar-refractivity contribution < 1.29 is 14.3 Å². The Morgan fingerprint density at radius 1 is 1.19 bits per heavy atom. The van der Waals surface area contributed by atoms with E-state index in [-0.39, 0.29) is 24.2 Å². The highest BCUT2D eigenvalue weighted by atomic mass is 16.5. The third-order valence-corrected chi connectivity index (χ3v) is 4.12. The summed E-state index contributed by atoms with van der Waals surface area (Å²) >= 11 is 0. The first-order valence-electron chi connectivity index (χ1n) is 8.68. The fourth-order valence-electron chi connectivity index (χ4n) is 2.54. The van der Waals surface area contributed by atoms with Crippen molar-refractivity contribution in [3.05, 3.63) is 60.2 Å². The summed E-state index contributed by atoms with van der Waals surface area (Å²) in [5, 5.41) is 1.34. The Morgan fingerprint density at radius 2 is 1.89 bits per heavy atom. The van der Waals surface area contributed by atoms with Gasteiger partial charge < -0.3 is 9.64 Å². The molecule has 0 radical (unpaired) electrons. The number of hydrogen-bond donors (Lipinski definition) is 1. The Hall–Kier alpha value is -3.35. The van der Waals surface area contributed by atoms with Crippen LogP contribution >= 0.6 is 0 Å². The highest BCUT2D eigenvalue weighted by Gasteiger charge is 2.27. The molecule has 0 bridgehead atoms. The Kier molecular flexibility index (Phi) is 5.71. The van der Waals surface area contributed by atoms with Crippen LogP contribution in [0, 0.1) is 6.92 Å². The van der Waals surface area contributed by atoms with Gasteiger partial charge in [0.2, 0.25) is 5.84 Å². The Bertz CT molecular complexity index is 834. The second-order valence-electron chi connectivity index (χ2n) is 6.23. The number of amides is 2. The number of anilines is 1. The minimum absolute atomic E-state index is 0.0727. The van der Waals surface area contributed by atoms with Crippen LogP contribution in [0.25, 0.3) is 0 Å². The van der Waals surface area contributed by atoms with Gasteiger partial charge >= 0.3 is 0 Å². The van der Waals surface area contributed by atoms with E-state index in [0.29, 0.717) is 18.8 Å². The summed E-state index contributed by atoms with van der Waals surface area (Å²) in [6.07, 6.45) is 0. The summed E-state index contributed by atoms with van der Waals surface area (Å²) in [4.78, 5) is 30.3. The third-order valence-electron chi connectivity index (χ3n) is 4.12. The van der Waals surface area contributed by atoms with Crippen LogP contribution in [-0.4, -0.2) is 49.3 Å². The van der Waals surface area contributed by atoms with Crippen molar-refractivity contribution in [3.8, 4) is 5.75 Å². The number of nitrogens with zero attached hydrogens (tertiary/aromatic N) is 3. The molecule has 140 valence electrons. The first kappa shape index (κ1) is 18.4. The molecule has 1 aliphatic heterocycles. The minimum Gasteiger partial charge on any atom is -0.492 e. The SMILES string of the molecule is Cc1ccc(OCCN(C)C(=O)C2=NCC(=O)N(c3ccccc3)N2)cc1. The zero-order valence-corrected chi connectivity index (χ0v) is 15.4. The van der Waals surface area contributed by atoms with Crippen molar-refractivity contribution in [1.29, 1.82) is 0 Å². The number of amidine groups is 1. The van der Waals surface area contributed by atoms with Crippen LogP contribution in [0.15, 0.2) is 59.6 Å². The molecule has 1 N–H and O–H groups in total. The number of carbonyl (C=O) groups excluding carboxylic acids is 2. The van der Waals surface area contributed by atoms with Gasteiger partial charge in [-0.3, -0.25) is 20.0 Å². The zero-order chi connectivity index (χ0) is 19.2. The van der Waals surface area contributed by atoms with Crippen LogP contribution in [0.4, 0.5) is 5.69 Å². The molecule has 1 heterocycles. The Morgan fingerprint density at radius 3 is 2.59 bits per heavy atom. The minimum atomic E-state index is -0.295. The Labute approximate surface area is 158 Å². The molecule has 3 rings (SSSR count). The highest BCUT2D eigenvalue weighted by molar-refractivity contribution is 6.39. The lowest BCUT2D eigenvalue weighted by Gasteiger charge is -2.29. The number of aliphatic imine (C=N–C) groups is 1. The monoisotopic (exact) mass is 366 g/mol. The normalized spacial score (nSPS) is 13.6. The molecule has 7 nitrogen and oxygen atoms in total. The fourth-order valence-corrected chi connectivity index (χ4v) is 2.54. The molecular formula is C20H22N4O3. The average molecular weight is 366 g/mol. The van der Waals surface area contributed by atoms with Crippen LogP contribution in [0.1, 0.15) is 5.56 Å². The van der Waals surface area contributed by atoms with Gasteiger partial charge in [0.15, 0.2) is 0 Å². The molecule has 0 saturated carbocycles. The number of hydrazine groups is 1. The number of likely N-dealkylation sites (N-methyl/N-ethyl adjacent to an activating group) is 1. The van der Waals surface area contributed by atoms with E-state index in [1.807, 2.05) is 49.4 Å². The molecule has 0 aromatic heterocycles. The highest BCUT2D eigenvalue weighted by Crippen LogP contribution is 2.14. The van der Waals surface area contributed by atoms with Gasteiger partial charge in [-0.2, -0.15) is 0 Å². The number of benzene rings is 2. The molecule has 0 atom stereocenters. The summed E-state index contributed by atoms with van der Waals surface area (Å²) in [5.41, 5.74) is 4.64. The summed E-state index contributed by atoms with van der Waals surface area (Å²) in [6, 6.07) is 16.8. The zero-order valence-electron chi connectivity index (χ0n) is 15.4. The van der Waals surface area contributed by atoms with Crippen molar-refractivity contribution in [2.24, 2.45) is 4.99 Å². The lowest BCUT2D eigenvalue weighted by Crippen LogP contribution is -2.56. The predicted octanol–water partition coefficient (Wildman–Crippen LogP) is 1.78. The van der Waals surface area contributed by atoms with Crippen molar-refractivity contribution in [1.82, 2.24) is 10.3 Å². The Balaban J connectivity index is 1.56. The molecule has 0 fully saturated rings. The first-order chi connectivity index (χ1) is 13.0. The van der Waals surface area contributed by atoms with Gasteiger partial charge in [0, 0.05) is 7.05 Å². The van der Waals surface area contributed by atoms with E-state index in [1.165, 1.54) is 9.91 Å². The molecule has 7 heteroatoms. The number of nitrogens with one attached hydrogen (secondary N) is 1. The van der Waals surface area contributed by atoms with Gasteiger partial charge in [0.25, 0.3) is 11.8 Å². The van der Waals surface area contributed by atoms with E-state index in [2.05, 4.69) is 10.4 Å². The molecule has 2 amide bonds. The molecule has 0 saturated heterocycles. The molecular weight excluding hydrogens is 344 g/mol. The maximum atomic E-state index is 12.6. The van der Waals surface area contributed by atoms with E-state index >= 15 is 0 Å². The van der Waals surface area contributed by atoms with Crippen LogP contribution < -0.4 is 15.2 Å². The van der Waals surface area contributed by atoms with Crippen molar-refractivity contribution in [2.45, 2.75) is 6.92 Å². The lowest BCUT2D eigenvalue weighted by atomic mass is 10.2. The van der Waals surface area contributed by atoms with Crippen molar-refractivity contribution in [3.63, 3.8) is 0 Å². The number of aryl methyl sites for hydroxylation is 1. The topological polar surface area (TPSA) is 74.2 Å². The second kappa shape index (κ2) is 8.35. The van der Waals surface area contributed by atoms with Crippen molar-refractivity contribution in [2.75, 3.05) is 31.8 Å². The fraction of sp³-hybridized carbons (Fsp3) is 0.250. The van der Waals surface area contributed by atoms with Crippen LogP contribution in [0.2, 0.25) is 0 Å². The maximum Gasteiger partial charge on any atom is 0.290 e. The second-order valence-corrected chi connectivity index (χ2v) is 6.23. The van der Waals surface area contributed by atoms with Crippen LogP contribution in [0.5, 0.6) is 5.75 Å². The molecule has 2 aromatic carbocycles. The van der Waals surface area contributed by atoms with Gasteiger partial charge in [-0.25, -0.2) is 5.01 Å². The third kappa shape index (κ3) is 4.63. The molecule has 0 spiro atoms. The number of ether oxygens (including phenoxy) is 1.